The molecule has 0 spiro atoms. The highest BCUT2D eigenvalue weighted by atomic mass is 15.4. The predicted molar refractivity (Wildman–Crippen MR) is 62.0 cm³/mol. The maximum absolute atomic E-state index is 8.92. The van der Waals surface area contributed by atoms with E-state index in [1.807, 2.05) is 10.9 Å². The van der Waals surface area contributed by atoms with E-state index in [4.69, 9.17) is 5.26 Å². The number of likely N-dealkylation sites (N-methyl/N-ethyl adjacent to an activating group) is 1. The Hall–Kier alpha value is -1.34. The molecule has 0 amide bonds. The van der Waals surface area contributed by atoms with Gasteiger partial charge in [-0.05, 0) is 18.5 Å². The summed E-state index contributed by atoms with van der Waals surface area (Å²) in [6.07, 6.45) is 4.55. The molecule has 4 heteroatoms. The van der Waals surface area contributed by atoms with E-state index in [9.17, 15) is 0 Å². The van der Waals surface area contributed by atoms with Gasteiger partial charge in [-0.15, -0.1) is 0 Å². The minimum atomic E-state index is -0.0867. The highest BCUT2D eigenvalue weighted by Crippen LogP contribution is 2.31. The molecule has 0 atom stereocenters. The zero-order chi connectivity index (χ0) is 11.8. The summed E-state index contributed by atoms with van der Waals surface area (Å²) in [7, 11) is 2.07. The molecule has 86 valence electrons. The summed E-state index contributed by atoms with van der Waals surface area (Å²) in [4.78, 5) is 2.22. The second-order valence-corrected chi connectivity index (χ2v) is 5.10. The van der Waals surface area contributed by atoms with Crippen molar-refractivity contribution in [1.82, 2.24) is 14.7 Å². The fourth-order valence-corrected chi connectivity index (χ4v) is 2.34. The summed E-state index contributed by atoms with van der Waals surface area (Å²) in [5, 5.41) is 13.3. The standard InChI is InChI=1S/C12H18N4/c1-10(2)11-6-14-16(7-11)12(4-5-13)8-15(3)9-12/h6-7,10H,4,8-9H2,1-3H3. The SMILES string of the molecule is CC(C)c1cnn(C2(CC#N)CN(C)C2)c1. The molecule has 1 fully saturated rings. The Morgan fingerprint density at radius 2 is 2.25 bits per heavy atom. The first kappa shape index (κ1) is 11.2. The van der Waals surface area contributed by atoms with Gasteiger partial charge in [0.05, 0.1) is 18.7 Å². The average molecular weight is 218 g/mol. The lowest BCUT2D eigenvalue weighted by Gasteiger charge is -2.47. The quantitative estimate of drug-likeness (QED) is 0.773. The lowest BCUT2D eigenvalue weighted by molar-refractivity contribution is 0.0264. The molecule has 4 nitrogen and oxygen atoms in total. The van der Waals surface area contributed by atoms with Crippen LogP contribution in [0.1, 0.15) is 31.7 Å². The van der Waals surface area contributed by atoms with E-state index in [2.05, 4.69) is 43.2 Å². The van der Waals surface area contributed by atoms with E-state index in [0.717, 1.165) is 13.1 Å². The topological polar surface area (TPSA) is 44.9 Å². The number of hydrogen-bond donors (Lipinski definition) is 0. The van der Waals surface area contributed by atoms with Crippen molar-refractivity contribution >= 4 is 0 Å². The molecule has 1 saturated heterocycles. The van der Waals surface area contributed by atoms with Crippen LogP contribution in [-0.2, 0) is 5.54 Å². The number of nitriles is 1. The second kappa shape index (κ2) is 3.91. The van der Waals surface area contributed by atoms with Crippen LogP contribution in [0, 0.1) is 11.3 Å². The van der Waals surface area contributed by atoms with Crippen molar-refractivity contribution in [2.45, 2.75) is 31.7 Å². The van der Waals surface area contributed by atoms with Crippen LogP contribution in [-0.4, -0.2) is 34.8 Å². The van der Waals surface area contributed by atoms with Crippen molar-refractivity contribution in [3.8, 4) is 6.07 Å². The van der Waals surface area contributed by atoms with E-state index >= 15 is 0 Å². The van der Waals surface area contributed by atoms with Gasteiger partial charge in [-0.1, -0.05) is 13.8 Å². The maximum atomic E-state index is 8.92. The van der Waals surface area contributed by atoms with Gasteiger partial charge in [0, 0.05) is 19.3 Å². The van der Waals surface area contributed by atoms with Crippen molar-refractivity contribution in [1.29, 1.82) is 5.26 Å². The zero-order valence-corrected chi connectivity index (χ0v) is 10.1. The Balaban J connectivity index is 2.24. The Labute approximate surface area is 96.5 Å². The van der Waals surface area contributed by atoms with Gasteiger partial charge in [0.25, 0.3) is 0 Å². The third-order valence-corrected chi connectivity index (χ3v) is 3.29. The number of nitrogens with zero attached hydrogens (tertiary/aromatic N) is 4. The Morgan fingerprint density at radius 1 is 1.56 bits per heavy atom. The first-order chi connectivity index (χ1) is 7.57. The van der Waals surface area contributed by atoms with E-state index in [-0.39, 0.29) is 5.54 Å². The van der Waals surface area contributed by atoms with Gasteiger partial charge in [0.15, 0.2) is 0 Å². The van der Waals surface area contributed by atoms with Gasteiger partial charge in [-0.2, -0.15) is 10.4 Å². The normalized spacial score (nSPS) is 19.4. The minimum absolute atomic E-state index is 0.0867. The molecule has 1 aliphatic heterocycles. The first-order valence-electron chi connectivity index (χ1n) is 5.68. The van der Waals surface area contributed by atoms with Gasteiger partial charge in [0.2, 0.25) is 0 Å². The Bertz CT molecular complexity index is 407. The average Bonchev–Trinajstić information content (AvgIpc) is 2.64. The van der Waals surface area contributed by atoms with Crippen LogP contribution < -0.4 is 0 Å². The van der Waals surface area contributed by atoms with Crippen LogP contribution in [0.4, 0.5) is 0 Å². The Morgan fingerprint density at radius 3 is 2.69 bits per heavy atom. The van der Waals surface area contributed by atoms with Crippen LogP contribution in [0.3, 0.4) is 0 Å². The molecule has 2 rings (SSSR count). The molecular formula is C12H18N4. The summed E-state index contributed by atoms with van der Waals surface area (Å²) < 4.78 is 1.99. The molecule has 1 aromatic heterocycles. The van der Waals surface area contributed by atoms with Crippen LogP contribution in [0.25, 0.3) is 0 Å². The molecule has 0 aromatic carbocycles. The highest BCUT2D eigenvalue weighted by molar-refractivity contribution is 5.13. The molecule has 16 heavy (non-hydrogen) atoms. The van der Waals surface area contributed by atoms with Crippen LogP contribution in [0.15, 0.2) is 12.4 Å². The van der Waals surface area contributed by atoms with Crippen molar-refractivity contribution in [3.05, 3.63) is 18.0 Å². The van der Waals surface area contributed by atoms with Crippen LogP contribution >= 0.6 is 0 Å². The van der Waals surface area contributed by atoms with Gasteiger partial charge in [-0.25, -0.2) is 0 Å². The number of likely N-dealkylation sites (tertiary alicyclic amines) is 1. The lowest BCUT2D eigenvalue weighted by Crippen LogP contribution is -2.61. The summed E-state index contributed by atoms with van der Waals surface area (Å²) in [5.74, 6) is 0.491. The van der Waals surface area contributed by atoms with Crippen molar-refractivity contribution < 1.29 is 0 Å². The van der Waals surface area contributed by atoms with Crippen LogP contribution in [0.2, 0.25) is 0 Å². The maximum Gasteiger partial charge on any atom is 0.101 e. The predicted octanol–water partition coefficient (Wildman–Crippen LogP) is 1.56. The number of hydrogen-bond acceptors (Lipinski definition) is 3. The minimum Gasteiger partial charge on any atom is -0.301 e. The van der Waals surface area contributed by atoms with E-state index < -0.39 is 0 Å². The molecular weight excluding hydrogens is 200 g/mol. The fraction of sp³-hybridized carbons (Fsp3) is 0.667. The molecule has 0 saturated carbocycles. The zero-order valence-electron chi connectivity index (χ0n) is 10.1. The fourth-order valence-electron chi connectivity index (χ4n) is 2.34. The van der Waals surface area contributed by atoms with Crippen molar-refractivity contribution in [3.63, 3.8) is 0 Å². The third kappa shape index (κ3) is 1.72. The largest absolute Gasteiger partial charge is 0.301 e. The first-order valence-corrected chi connectivity index (χ1v) is 5.68. The smallest absolute Gasteiger partial charge is 0.101 e. The van der Waals surface area contributed by atoms with Gasteiger partial charge in [0.1, 0.15) is 5.54 Å². The lowest BCUT2D eigenvalue weighted by atomic mass is 9.87. The molecule has 0 unspecified atom stereocenters. The molecule has 1 aliphatic rings. The summed E-state index contributed by atoms with van der Waals surface area (Å²) >= 11 is 0. The van der Waals surface area contributed by atoms with E-state index in [0.29, 0.717) is 12.3 Å². The number of aromatic nitrogens is 2. The monoisotopic (exact) mass is 218 g/mol. The molecule has 2 heterocycles. The second-order valence-electron chi connectivity index (χ2n) is 5.10. The molecule has 0 aliphatic carbocycles. The van der Waals surface area contributed by atoms with Gasteiger partial charge in [-0.3, -0.25) is 4.68 Å². The van der Waals surface area contributed by atoms with Gasteiger partial charge >= 0.3 is 0 Å². The third-order valence-electron chi connectivity index (χ3n) is 3.29. The summed E-state index contributed by atoms with van der Waals surface area (Å²) in [5.41, 5.74) is 1.16. The molecule has 1 aromatic rings. The van der Waals surface area contributed by atoms with Gasteiger partial charge < -0.3 is 4.90 Å². The Kier molecular flexibility index (Phi) is 2.73. The van der Waals surface area contributed by atoms with Crippen LogP contribution in [0.5, 0.6) is 0 Å². The van der Waals surface area contributed by atoms with Crippen molar-refractivity contribution in [2.75, 3.05) is 20.1 Å². The number of rotatable bonds is 3. The highest BCUT2D eigenvalue weighted by Gasteiger charge is 2.43. The van der Waals surface area contributed by atoms with E-state index in [1.165, 1.54) is 5.56 Å². The van der Waals surface area contributed by atoms with E-state index in [1.54, 1.807) is 0 Å². The van der Waals surface area contributed by atoms with Crippen molar-refractivity contribution in [2.24, 2.45) is 0 Å². The molecule has 0 N–H and O–H groups in total. The molecule has 0 bridgehead atoms. The molecule has 0 radical (unpaired) electrons. The summed E-state index contributed by atoms with van der Waals surface area (Å²) in [6, 6.07) is 2.28. The summed E-state index contributed by atoms with van der Waals surface area (Å²) in [6.45, 7) is 6.15.